The molecule has 0 aliphatic carbocycles. The lowest BCUT2D eigenvalue weighted by Crippen LogP contribution is -2.06. The number of pyridine rings is 1. The van der Waals surface area contributed by atoms with Gasteiger partial charge in [0.25, 0.3) is 0 Å². The standard InChI is InChI=1S/C22H17NO3S2/c1-14-7-8-16(13-23-14)20-21(24)18-5-3-4-6-19(18)27-22(20)15-9-11-17(12-10-15)28(2,25)26/h3-13H,1-2H3. The van der Waals surface area contributed by atoms with Gasteiger partial charge in [-0.3, -0.25) is 9.78 Å². The third-order valence-electron chi connectivity index (χ3n) is 4.54. The summed E-state index contributed by atoms with van der Waals surface area (Å²) in [7, 11) is -3.28. The van der Waals surface area contributed by atoms with Crippen molar-refractivity contribution in [1.29, 1.82) is 0 Å². The van der Waals surface area contributed by atoms with Gasteiger partial charge in [-0.2, -0.15) is 0 Å². The molecule has 0 N–H and O–H groups in total. The Labute approximate surface area is 167 Å². The molecule has 0 atom stereocenters. The van der Waals surface area contributed by atoms with Crippen LogP contribution in [0.25, 0.3) is 31.7 Å². The van der Waals surface area contributed by atoms with E-state index < -0.39 is 9.84 Å². The van der Waals surface area contributed by atoms with E-state index in [-0.39, 0.29) is 10.3 Å². The molecule has 2 aromatic carbocycles. The number of benzene rings is 2. The fourth-order valence-corrected chi connectivity index (χ4v) is 4.91. The molecule has 0 spiro atoms. The Morgan fingerprint density at radius 3 is 2.21 bits per heavy atom. The smallest absolute Gasteiger partial charge is 0.196 e. The van der Waals surface area contributed by atoms with Crippen LogP contribution in [-0.2, 0) is 9.84 Å². The third kappa shape index (κ3) is 3.37. The second-order valence-electron chi connectivity index (χ2n) is 6.62. The van der Waals surface area contributed by atoms with Gasteiger partial charge < -0.3 is 0 Å². The minimum Gasteiger partial charge on any atom is -0.288 e. The first-order valence-corrected chi connectivity index (χ1v) is 11.3. The molecule has 4 aromatic rings. The third-order valence-corrected chi connectivity index (χ3v) is 6.89. The molecule has 4 nitrogen and oxygen atoms in total. The normalized spacial score (nSPS) is 11.6. The topological polar surface area (TPSA) is 64.1 Å². The summed E-state index contributed by atoms with van der Waals surface area (Å²) in [5.74, 6) is 0. The Morgan fingerprint density at radius 1 is 0.893 bits per heavy atom. The molecular weight excluding hydrogens is 390 g/mol. The van der Waals surface area contributed by atoms with Gasteiger partial charge >= 0.3 is 0 Å². The summed E-state index contributed by atoms with van der Waals surface area (Å²) < 4.78 is 24.4. The van der Waals surface area contributed by atoms with Crippen molar-refractivity contribution in [3.63, 3.8) is 0 Å². The maximum absolute atomic E-state index is 13.3. The SMILES string of the molecule is Cc1ccc(-c2c(-c3ccc(S(C)(=O)=O)cc3)sc3ccccc3c2=O)cn1. The van der Waals surface area contributed by atoms with Crippen molar-refractivity contribution in [3.05, 3.63) is 82.8 Å². The molecule has 0 fully saturated rings. The van der Waals surface area contributed by atoms with E-state index in [9.17, 15) is 13.2 Å². The largest absolute Gasteiger partial charge is 0.288 e. The number of fused-ring (bicyclic) bond motifs is 1. The number of hydrogen-bond acceptors (Lipinski definition) is 5. The highest BCUT2D eigenvalue weighted by atomic mass is 32.2. The van der Waals surface area contributed by atoms with Crippen molar-refractivity contribution in [3.8, 4) is 21.6 Å². The zero-order valence-corrected chi connectivity index (χ0v) is 17.0. The Morgan fingerprint density at radius 2 is 1.57 bits per heavy atom. The number of rotatable bonds is 3. The van der Waals surface area contributed by atoms with Crippen LogP contribution in [-0.4, -0.2) is 19.7 Å². The monoisotopic (exact) mass is 407 g/mol. The molecular formula is C22H17NO3S2. The summed E-state index contributed by atoms with van der Waals surface area (Å²) in [5.41, 5.74) is 2.96. The Kier molecular flexibility index (Phi) is 4.61. The Hall–Kier alpha value is -2.83. The van der Waals surface area contributed by atoms with E-state index in [1.165, 1.54) is 17.6 Å². The van der Waals surface area contributed by atoms with E-state index in [0.29, 0.717) is 10.9 Å². The second kappa shape index (κ2) is 6.96. The molecule has 0 saturated carbocycles. The lowest BCUT2D eigenvalue weighted by molar-refractivity contribution is 0.602. The summed E-state index contributed by atoms with van der Waals surface area (Å²) in [5, 5.41) is 0.666. The quantitative estimate of drug-likeness (QED) is 0.494. The lowest BCUT2D eigenvalue weighted by Gasteiger charge is -2.11. The number of aromatic nitrogens is 1. The minimum absolute atomic E-state index is 0.0535. The van der Waals surface area contributed by atoms with E-state index in [4.69, 9.17) is 0 Å². The van der Waals surface area contributed by atoms with E-state index >= 15 is 0 Å². The highest BCUT2D eigenvalue weighted by molar-refractivity contribution is 7.90. The summed E-state index contributed by atoms with van der Waals surface area (Å²) >= 11 is 1.52. The number of hydrogen-bond donors (Lipinski definition) is 0. The van der Waals surface area contributed by atoms with Gasteiger partial charge in [0.2, 0.25) is 0 Å². The Bertz CT molecular complexity index is 1340. The first-order chi connectivity index (χ1) is 13.3. The first kappa shape index (κ1) is 18.5. The zero-order valence-electron chi connectivity index (χ0n) is 15.3. The van der Waals surface area contributed by atoms with Gasteiger partial charge in [0.15, 0.2) is 15.3 Å². The van der Waals surface area contributed by atoms with Crippen LogP contribution >= 0.6 is 11.3 Å². The van der Waals surface area contributed by atoms with E-state index in [1.54, 1.807) is 30.5 Å². The van der Waals surface area contributed by atoms with Crippen LogP contribution in [0.2, 0.25) is 0 Å². The van der Waals surface area contributed by atoms with E-state index in [0.717, 1.165) is 26.4 Å². The van der Waals surface area contributed by atoms with Gasteiger partial charge in [-0.25, -0.2) is 8.42 Å². The van der Waals surface area contributed by atoms with Crippen molar-refractivity contribution < 1.29 is 8.42 Å². The molecule has 4 rings (SSSR count). The van der Waals surface area contributed by atoms with Gasteiger partial charge in [0.1, 0.15) is 0 Å². The van der Waals surface area contributed by atoms with Crippen LogP contribution in [0.3, 0.4) is 0 Å². The number of aryl methyl sites for hydroxylation is 1. The highest BCUT2D eigenvalue weighted by Gasteiger charge is 2.17. The first-order valence-electron chi connectivity index (χ1n) is 8.64. The average Bonchev–Trinajstić information content (AvgIpc) is 2.68. The molecule has 2 heterocycles. The molecule has 0 unspecified atom stereocenters. The summed E-state index contributed by atoms with van der Waals surface area (Å²) in [6, 6.07) is 17.9. The van der Waals surface area contributed by atoms with Crippen molar-refractivity contribution in [2.24, 2.45) is 0 Å². The van der Waals surface area contributed by atoms with Crippen LogP contribution in [0, 0.1) is 6.92 Å². The van der Waals surface area contributed by atoms with Crippen LogP contribution in [0.15, 0.2) is 76.6 Å². The van der Waals surface area contributed by atoms with Crippen molar-refractivity contribution in [2.75, 3.05) is 6.26 Å². The highest BCUT2D eigenvalue weighted by Crippen LogP contribution is 2.36. The lowest BCUT2D eigenvalue weighted by atomic mass is 10.0. The van der Waals surface area contributed by atoms with Crippen molar-refractivity contribution >= 4 is 31.3 Å². The van der Waals surface area contributed by atoms with Gasteiger partial charge in [-0.15, -0.1) is 11.3 Å². The molecule has 0 saturated heterocycles. The van der Waals surface area contributed by atoms with Gasteiger partial charge in [0.05, 0.1) is 4.90 Å². The molecule has 0 aliphatic heterocycles. The number of sulfone groups is 1. The van der Waals surface area contributed by atoms with Crippen LogP contribution < -0.4 is 5.43 Å². The molecule has 6 heteroatoms. The van der Waals surface area contributed by atoms with Crippen LogP contribution in [0.5, 0.6) is 0 Å². The number of nitrogens with zero attached hydrogens (tertiary/aromatic N) is 1. The van der Waals surface area contributed by atoms with Crippen LogP contribution in [0.4, 0.5) is 0 Å². The average molecular weight is 408 g/mol. The Balaban J connectivity index is 2.03. The molecule has 0 radical (unpaired) electrons. The summed E-state index contributed by atoms with van der Waals surface area (Å²) in [6.07, 6.45) is 2.89. The maximum atomic E-state index is 13.3. The second-order valence-corrected chi connectivity index (χ2v) is 9.68. The van der Waals surface area contributed by atoms with Gasteiger partial charge in [-0.05, 0) is 42.8 Å². The molecule has 28 heavy (non-hydrogen) atoms. The van der Waals surface area contributed by atoms with E-state index in [2.05, 4.69) is 4.98 Å². The fourth-order valence-electron chi connectivity index (χ4n) is 3.08. The molecule has 0 bridgehead atoms. The van der Waals surface area contributed by atoms with E-state index in [1.807, 2.05) is 43.3 Å². The fraction of sp³-hybridized carbons (Fsp3) is 0.0909. The summed E-state index contributed by atoms with van der Waals surface area (Å²) in [4.78, 5) is 18.7. The van der Waals surface area contributed by atoms with Crippen LogP contribution in [0.1, 0.15) is 5.69 Å². The predicted molar refractivity (Wildman–Crippen MR) is 115 cm³/mol. The molecule has 140 valence electrons. The van der Waals surface area contributed by atoms with Crippen molar-refractivity contribution in [1.82, 2.24) is 4.98 Å². The summed E-state index contributed by atoms with van der Waals surface area (Å²) in [6.45, 7) is 1.90. The molecule has 2 aromatic heterocycles. The minimum atomic E-state index is -3.28. The van der Waals surface area contributed by atoms with Gasteiger partial charge in [0, 0.05) is 44.2 Å². The zero-order chi connectivity index (χ0) is 19.9. The van der Waals surface area contributed by atoms with Crippen molar-refractivity contribution in [2.45, 2.75) is 11.8 Å². The maximum Gasteiger partial charge on any atom is 0.196 e. The predicted octanol–water partition coefficient (Wildman–Crippen LogP) is 4.70. The molecule has 0 amide bonds. The van der Waals surface area contributed by atoms with Gasteiger partial charge in [-0.1, -0.05) is 30.3 Å². The molecule has 0 aliphatic rings.